The zero-order chi connectivity index (χ0) is 21.1. The number of piperazine rings is 1. The van der Waals surface area contributed by atoms with Crippen molar-refractivity contribution in [2.45, 2.75) is 17.4 Å². The molecule has 0 spiro atoms. The molecule has 2 aliphatic rings. The molecule has 1 saturated heterocycles. The lowest BCUT2D eigenvalue weighted by Crippen LogP contribution is -2.47. The number of rotatable bonds is 6. The lowest BCUT2D eigenvalue weighted by atomic mass is 10.1. The third-order valence-corrected chi connectivity index (χ3v) is 7.95. The van der Waals surface area contributed by atoms with Crippen molar-refractivity contribution in [3.05, 3.63) is 54.1 Å². The molecule has 1 fully saturated rings. The second-order valence-electron chi connectivity index (χ2n) is 7.82. The average Bonchev–Trinajstić information content (AvgIpc) is 2.76. The number of anilines is 1. The summed E-state index contributed by atoms with van der Waals surface area (Å²) in [5, 5.41) is 9.44. The van der Waals surface area contributed by atoms with Crippen LogP contribution in [0, 0.1) is 0 Å². The van der Waals surface area contributed by atoms with Gasteiger partial charge in [0.15, 0.2) is 0 Å². The van der Waals surface area contributed by atoms with Crippen molar-refractivity contribution in [3.8, 4) is 5.75 Å². The maximum atomic E-state index is 13.0. The normalized spacial score (nSPS) is 22.0. The topological polar surface area (TPSA) is 73.3 Å². The van der Waals surface area contributed by atoms with E-state index in [0.717, 1.165) is 50.4 Å². The van der Waals surface area contributed by atoms with Crippen LogP contribution in [0.5, 0.6) is 5.75 Å². The Bertz CT molecular complexity index is 957. The highest BCUT2D eigenvalue weighted by molar-refractivity contribution is 7.89. The highest BCUT2D eigenvalue weighted by Gasteiger charge is 2.36. The molecule has 0 aromatic heterocycles. The molecular formula is C22H29N3O4S. The quantitative estimate of drug-likeness (QED) is 0.757. The van der Waals surface area contributed by atoms with Crippen molar-refractivity contribution in [1.29, 1.82) is 0 Å². The minimum absolute atomic E-state index is 0.224. The smallest absolute Gasteiger partial charge is 0.243 e. The lowest BCUT2D eigenvalue weighted by molar-refractivity contribution is 0.0769. The van der Waals surface area contributed by atoms with Gasteiger partial charge in [-0.2, -0.15) is 4.31 Å². The fourth-order valence-corrected chi connectivity index (χ4v) is 6.01. The summed E-state index contributed by atoms with van der Waals surface area (Å²) < 4.78 is 33.1. The van der Waals surface area contributed by atoms with Crippen LogP contribution in [0.4, 0.5) is 5.69 Å². The van der Waals surface area contributed by atoms with Crippen LogP contribution in [0.3, 0.4) is 0 Å². The van der Waals surface area contributed by atoms with E-state index in [9.17, 15) is 13.5 Å². The Labute approximate surface area is 178 Å². The number of sulfonamides is 1. The number of phenols is 1. The van der Waals surface area contributed by atoms with E-state index in [-0.39, 0.29) is 11.9 Å². The Kier molecular flexibility index (Phi) is 6.29. The summed E-state index contributed by atoms with van der Waals surface area (Å²) in [5.74, 6) is 0.281. The molecule has 8 heteroatoms. The SMILES string of the molecule is COC1CN(CCCN2CCN(c3ccc(O)cc3)CC2)S(=O)(=O)c2ccccc21. The Balaban J connectivity index is 1.30. The van der Waals surface area contributed by atoms with Gasteiger partial charge in [-0.1, -0.05) is 18.2 Å². The van der Waals surface area contributed by atoms with Gasteiger partial charge in [-0.3, -0.25) is 4.90 Å². The predicted molar refractivity (Wildman–Crippen MR) is 116 cm³/mol. The number of benzene rings is 2. The highest BCUT2D eigenvalue weighted by atomic mass is 32.2. The van der Waals surface area contributed by atoms with Crippen LogP contribution in [-0.2, 0) is 14.8 Å². The van der Waals surface area contributed by atoms with E-state index in [4.69, 9.17) is 4.74 Å². The van der Waals surface area contributed by atoms with Gasteiger partial charge >= 0.3 is 0 Å². The fraction of sp³-hybridized carbons (Fsp3) is 0.455. The first-order valence-corrected chi connectivity index (χ1v) is 11.8. The molecule has 2 aromatic carbocycles. The first kappa shape index (κ1) is 21.1. The largest absolute Gasteiger partial charge is 0.508 e. The molecule has 0 saturated carbocycles. The minimum atomic E-state index is -3.47. The Morgan fingerprint density at radius 1 is 1.00 bits per heavy atom. The van der Waals surface area contributed by atoms with Crippen LogP contribution in [0.2, 0.25) is 0 Å². The highest BCUT2D eigenvalue weighted by Crippen LogP contribution is 2.33. The van der Waals surface area contributed by atoms with Crippen LogP contribution in [0.1, 0.15) is 18.1 Å². The van der Waals surface area contributed by atoms with Crippen LogP contribution < -0.4 is 4.90 Å². The van der Waals surface area contributed by atoms with Gasteiger partial charge in [0.25, 0.3) is 0 Å². The molecule has 2 aromatic rings. The van der Waals surface area contributed by atoms with E-state index in [1.165, 1.54) is 0 Å². The predicted octanol–water partition coefficient (Wildman–Crippen LogP) is 2.30. The number of fused-ring (bicyclic) bond motifs is 1. The molecular weight excluding hydrogens is 402 g/mol. The van der Waals surface area contributed by atoms with E-state index in [1.54, 1.807) is 35.7 Å². The molecule has 7 nitrogen and oxygen atoms in total. The minimum Gasteiger partial charge on any atom is -0.508 e. The van der Waals surface area contributed by atoms with Gasteiger partial charge < -0.3 is 14.7 Å². The number of hydrogen-bond acceptors (Lipinski definition) is 6. The van der Waals surface area contributed by atoms with Crippen molar-refractivity contribution >= 4 is 15.7 Å². The van der Waals surface area contributed by atoms with Crippen LogP contribution in [0.15, 0.2) is 53.4 Å². The molecule has 30 heavy (non-hydrogen) atoms. The first-order valence-electron chi connectivity index (χ1n) is 10.4. The van der Waals surface area contributed by atoms with Crippen LogP contribution >= 0.6 is 0 Å². The lowest BCUT2D eigenvalue weighted by Gasteiger charge is -2.37. The molecule has 0 aliphatic carbocycles. The molecule has 4 rings (SSSR count). The van der Waals surface area contributed by atoms with Gasteiger partial charge in [0.2, 0.25) is 10.0 Å². The van der Waals surface area contributed by atoms with E-state index in [2.05, 4.69) is 9.80 Å². The summed E-state index contributed by atoms with van der Waals surface area (Å²) in [6.07, 6.45) is 0.565. The zero-order valence-corrected chi connectivity index (χ0v) is 18.1. The summed E-state index contributed by atoms with van der Waals surface area (Å²) in [6.45, 7) is 5.46. The summed E-state index contributed by atoms with van der Waals surface area (Å²) in [5.41, 5.74) is 1.87. The second kappa shape index (κ2) is 8.93. The molecule has 0 radical (unpaired) electrons. The summed E-state index contributed by atoms with van der Waals surface area (Å²) in [6, 6.07) is 14.4. The standard InChI is InChI=1S/C22H29N3O4S/c1-29-21-17-25(30(27,28)22-6-3-2-5-20(21)22)12-4-11-23-13-15-24(16-14-23)18-7-9-19(26)10-8-18/h2-3,5-10,21,26H,4,11-17H2,1H3. The van der Waals surface area contributed by atoms with E-state index in [0.29, 0.717) is 18.0 Å². The third-order valence-electron chi connectivity index (χ3n) is 6.01. The number of aromatic hydroxyl groups is 1. The summed E-state index contributed by atoms with van der Waals surface area (Å²) >= 11 is 0. The van der Waals surface area contributed by atoms with Crippen molar-refractivity contribution in [2.75, 3.05) is 57.8 Å². The van der Waals surface area contributed by atoms with E-state index >= 15 is 0 Å². The summed E-state index contributed by atoms with van der Waals surface area (Å²) in [7, 11) is -1.84. The van der Waals surface area contributed by atoms with Crippen molar-refractivity contribution in [2.24, 2.45) is 0 Å². The number of nitrogens with zero attached hydrogens (tertiary/aromatic N) is 3. The number of methoxy groups -OCH3 is 1. The zero-order valence-electron chi connectivity index (χ0n) is 17.3. The van der Waals surface area contributed by atoms with Gasteiger partial charge in [-0.15, -0.1) is 0 Å². The Morgan fingerprint density at radius 2 is 1.70 bits per heavy atom. The van der Waals surface area contributed by atoms with Gasteiger partial charge in [-0.05, 0) is 43.3 Å². The average molecular weight is 432 g/mol. The summed E-state index contributed by atoms with van der Waals surface area (Å²) in [4.78, 5) is 5.06. The number of hydrogen-bond donors (Lipinski definition) is 1. The van der Waals surface area contributed by atoms with Crippen molar-refractivity contribution < 1.29 is 18.3 Å². The first-order chi connectivity index (χ1) is 14.5. The molecule has 1 N–H and O–H groups in total. The van der Waals surface area contributed by atoms with Gasteiger partial charge in [0.05, 0.1) is 11.0 Å². The molecule has 1 unspecified atom stereocenters. The van der Waals surface area contributed by atoms with Crippen molar-refractivity contribution in [3.63, 3.8) is 0 Å². The Morgan fingerprint density at radius 3 is 2.40 bits per heavy atom. The molecule has 0 bridgehead atoms. The maximum absolute atomic E-state index is 13.0. The maximum Gasteiger partial charge on any atom is 0.243 e. The molecule has 0 amide bonds. The Hall–Kier alpha value is -2.13. The molecule has 162 valence electrons. The van der Waals surface area contributed by atoms with Crippen molar-refractivity contribution in [1.82, 2.24) is 9.21 Å². The van der Waals surface area contributed by atoms with E-state index in [1.807, 2.05) is 24.3 Å². The van der Waals surface area contributed by atoms with Gasteiger partial charge in [-0.25, -0.2) is 8.42 Å². The number of phenolic OH excluding ortho intramolecular Hbond substituents is 1. The van der Waals surface area contributed by atoms with Crippen LogP contribution in [-0.4, -0.2) is 75.7 Å². The van der Waals surface area contributed by atoms with E-state index < -0.39 is 10.0 Å². The van der Waals surface area contributed by atoms with Crippen LogP contribution in [0.25, 0.3) is 0 Å². The monoisotopic (exact) mass is 431 g/mol. The van der Waals surface area contributed by atoms with Gasteiger partial charge in [0.1, 0.15) is 5.75 Å². The fourth-order valence-electron chi connectivity index (χ4n) is 4.28. The second-order valence-corrected chi connectivity index (χ2v) is 9.73. The molecule has 1 atom stereocenters. The number of ether oxygens (including phenoxy) is 1. The molecule has 2 aliphatic heterocycles. The molecule has 2 heterocycles. The van der Waals surface area contributed by atoms with Gasteiger partial charge in [0, 0.05) is 57.6 Å². The third kappa shape index (κ3) is 4.32.